The molecule has 3 aromatic rings. The number of ether oxygens (including phenoxy) is 1. The van der Waals surface area contributed by atoms with E-state index in [-0.39, 0.29) is 12.0 Å². The van der Waals surface area contributed by atoms with E-state index in [1.54, 1.807) is 30.5 Å². The predicted octanol–water partition coefficient (Wildman–Crippen LogP) is 2.43. The number of halogens is 1. The van der Waals surface area contributed by atoms with Crippen molar-refractivity contribution in [2.45, 2.75) is 26.5 Å². The number of benzene rings is 1. The van der Waals surface area contributed by atoms with Gasteiger partial charge in [-0.3, -0.25) is 4.79 Å². The fourth-order valence-electron chi connectivity index (χ4n) is 2.27. The van der Waals surface area contributed by atoms with Crippen LogP contribution >= 0.6 is 11.6 Å². The lowest BCUT2D eigenvalue weighted by Gasteiger charge is -2.11. The Labute approximate surface area is 155 Å². The van der Waals surface area contributed by atoms with Gasteiger partial charge in [0.1, 0.15) is 6.33 Å². The molecule has 2 heterocycles. The first-order valence-corrected chi connectivity index (χ1v) is 8.33. The summed E-state index contributed by atoms with van der Waals surface area (Å²) in [6.45, 7) is 4.18. The Hall–Kier alpha value is -3.00. The number of hydrogen-bond acceptors (Lipinski definition) is 6. The first-order valence-electron chi connectivity index (χ1n) is 7.95. The summed E-state index contributed by atoms with van der Waals surface area (Å²) in [6, 6.07) is 8.56. The van der Waals surface area contributed by atoms with Gasteiger partial charge in [0.15, 0.2) is 0 Å². The van der Waals surface area contributed by atoms with E-state index in [1.807, 2.05) is 19.9 Å². The minimum absolute atomic E-state index is 0.0561. The zero-order valence-corrected chi connectivity index (χ0v) is 15.0. The summed E-state index contributed by atoms with van der Waals surface area (Å²) >= 11 is 6.03. The SMILES string of the molecule is CC(C)Oc1ccc(CNC(=O)c2cc(Cl)ccc2-n2cnnn2)cn1. The van der Waals surface area contributed by atoms with Crippen LogP contribution in [0.15, 0.2) is 42.9 Å². The summed E-state index contributed by atoms with van der Waals surface area (Å²) in [5.74, 6) is 0.256. The molecule has 26 heavy (non-hydrogen) atoms. The molecule has 8 nitrogen and oxygen atoms in total. The molecule has 0 fully saturated rings. The van der Waals surface area contributed by atoms with Crippen molar-refractivity contribution < 1.29 is 9.53 Å². The molecule has 0 bridgehead atoms. The van der Waals surface area contributed by atoms with E-state index in [9.17, 15) is 4.79 Å². The molecule has 0 aliphatic rings. The van der Waals surface area contributed by atoms with Gasteiger partial charge in [-0.1, -0.05) is 17.7 Å². The Morgan fingerprint density at radius 3 is 2.81 bits per heavy atom. The highest BCUT2D eigenvalue weighted by molar-refractivity contribution is 6.31. The van der Waals surface area contributed by atoms with Crippen LogP contribution in [0, 0.1) is 0 Å². The fourth-order valence-corrected chi connectivity index (χ4v) is 2.44. The number of rotatable bonds is 6. The number of carbonyl (C=O) groups excluding carboxylic acids is 1. The minimum atomic E-state index is -0.291. The van der Waals surface area contributed by atoms with Gasteiger partial charge in [-0.05, 0) is 48.0 Å². The molecular weight excluding hydrogens is 356 g/mol. The van der Waals surface area contributed by atoms with Crippen molar-refractivity contribution in [2.24, 2.45) is 0 Å². The quantitative estimate of drug-likeness (QED) is 0.714. The number of tetrazole rings is 1. The van der Waals surface area contributed by atoms with E-state index in [0.717, 1.165) is 5.56 Å². The molecule has 0 spiro atoms. The monoisotopic (exact) mass is 372 g/mol. The third kappa shape index (κ3) is 4.34. The van der Waals surface area contributed by atoms with Crippen LogP contribution in [-0.2, 0) is 6.54 Å². The van der Waals surface area contributed by atoms with Gasteiger partial charge in [0.25, 0.3) is 5.91 Å². The smallest absolute Gasteiger partial charge is 0.253 e. The summed E-state index contributed by atoms with van der Waals surface area (Å²) in [4.78, 5) is 16.8. The van der Waals surface area contributed by atoms with Gasteiger partial charge in [0, 0.05) is 23.8 Å². The maximum atomic E-state index is 12.6. The number of pyridine rings is 1. The lowest BCUT2D eigenvalue weighted by molar-refractivity contribution is 0.0950. The Morgan fingerprint density at radius 2 is 2.15 bits per heavy atom. The van der Waals surface area contributed by atoms with Gasteiger partial charge < -0.3 is 10.1 Å². The van der Waals surface area contributed by atoms with E-state index in [4.69, 9.17) is 16.3 Å². The lowest BCUT2D eigenvalue weighted by atomic mass is 10.1. The standard InChI is InChI=1S/C17H17ClN6O2/c1-11(2)26-16-6-3-12(8-19-16)9-20-17(25)14-7-13(18)4-5-15(14)24-10-21-22-23-24/h3-8,10-11H,9H2,1-2H3,(H,20,25). The van der Waals surface area contributed by atoms with Gasteiger partial charge in [0.2, 0.25) is 5.88 Å². The van der Waals surface area contributed by atoms with Crippen LogP contribution in [0.4, 0.5) is 0 Å². The van der Waals surface area contributed by atoms with Crippen molar-refractivity contribution in [1.82, 2.24) is 30.5 Å². The van der Waals surface area contributed by atoms with Crippen LogP contribution in [0.3, 0.4) is 0 Å². The second kappa shape index (κ2) is 7.92. The minimum Gasteiger partial charge on any atom is -0.475 e. The van der Waals surface area contributed by atoms with Crippen molar-refractivity contribution in [3.63, 3.8) is 0 Å². The van der Waals surface area contributed by atoms with Gasteiger partial charge in [-0.15, -0.1) is 5.10 Å². The maximum absolute atomic E-state index is 12.6. The number of amides is 1. The normalized spacial score (nSPS) is 10.8. The maximum Gasteiger partial charge on any atom is 0.253 e. The number of hydrogen-bond donors (Lipinski definition) is 1. The highest BCUT2D eigenvalue weighted by Gasteiger charge is 2.14. The number of nitrogens with one attached hydrogen (secondary N) is 1. The van der Waals surface area contributed by atoms with Crippen molar-refractivity contribution in [2.75, 3.05) is 0 Å². The van der Waals surface area contributed by atoms with Crippen LogP contribution in [-0.4, -0.2) is 37.2 Å². The molecule has 0 aliphatic heterocycles. The van der Waals surface area contributed by atoms with Crippen LogP contribution in [0.2, 0.25) is 5.02 Å². The second-order valence-corrected chi connectivity index (χ2v) is 6.21. The molecule has 1 amide bonds. The van der Waals surface area contributed by atoms with E-state index < -0.39 is 0 Å². The molecule has 0 saturated carbocycles. The molecule has 0 unspecified atom stereocenters. The third-order valence-electron chi connectivity index (χ3n) is 3.41. The Kier molecular flexibility index (Phi) is 5.43. The molecule has 2 aromatic heterocycles. The summed E-state index contributed by atoms with van der Waals surface area (Å²) in [5, 5.41) is 14.3. The highest BCUT2D eigenvalue weighted by atomic mass is 35.5. The molecule has 0 saturated heterocycles. The summed E-state index contributed by atoms with van der Waals surface area (Å²) < 4.78 is 6.91. The Balaban J connectivity index is 1.71. The van der Waals surface area contributed by atoms with Crippen molar-refractivity contribution in [3.05, 3.63) is 59.0 Å². The number of nitrogens with zero attached hydrogens (tertiary/aromatic N) is 5. The molecule has 134 valence electrons. The molecule has 0 radical (unpaired) electrons. The predicted molar refractivity (Wildman–Crippen MR) is 95.3 cm³/mol. The highest BCUT2D eigenvalue weighted by Crippen LogP contribution is 2.19. The van der Waals surface area contributed by atoms with E-state index in [0.29, 0.717) is 28.7 Å². The molecule has 0 atom stereocenters. The van der Waals surface area contributed by atoms with Gasteiger partial charge >= 0.3 is 0 Å². The topological polar surface area (TPSA) is 94.8 Å². The van der Waals surface area contributed by atoms with Crippen LogP contribution < -0.4 is 10.1 Å². The molecule has 3 rings (SSSR count). The van der Waals surface area contributed by atoms with Crippen molar-refractivity contribution >= 4 is 17.5 Å². The zero-order valence-electron chi connectivity index (χ0n) is 14.3. The molecule has 1 N–H and O–H groups in total. The average Bonchev–Trinajstić information content (AvgIpc) is 3.15. The number of carbonyl (C=O) groups is 1. The third-order valence-corrected chi connectivity index (χ3v) is 3.64. The Bertz CT molecular complexity index is 881. The van der Waals surface area contributed by atoms with E-state index in [1.165, 1.54) is 11.0 Å². The average molecular weight is 373 g/mol. The summed E-state index contributed by atoms with van der Waals surface area (Å²) in [7, 11) is 0. The van der Waals surface area contributed by atoms with Crippen LogP contribution in [0.1, 0.15) is 29.8 Å². The molecule has 9 heteroatoms. The van der Waals surface area contributed by atoms with Gasteiger partial charge in [-0.2, -0.15) is 4.68 Å². The first kappa shape index (κ1) is 17.8. The number of aromatic nitrogens is 5. The van der Waals surface area contributed by atoms with Gasteiger partial charge in [0.05, 0.1) is 17.4 Å². The summed E-state index contributed by atoms with van der Waals surface area (Å²) in [6.07, 6.45) is 3.14. The van der Waals surface area contributed by atoms with Crippen LogP contribution in [0.5, 0.6) is 5.88 Å². The van der Waals surface area contributed by atoms with E-state index >= 15 is 0 Å². The van der Waals surface area contributed by atoms with Gasteiger partial charge in [-0.25, -0.2) is 4.98 Å². The first-order chi connectivity index (χ1) is 12.5. The van der Waals surface area contributed by atoms with Crippen LogP contribution in [0.25, 0.3) is 5.69 Å². The van der Waals surface area contributed by atoms with Crippen molar-refractivity contribution in [3.8, 4) is 11.6 Å². The second-order valence-electron chi connectivity index (χ2n) is 5.77. The molecule has 0 aliphatic carbocycles. The summed E-state index contributed by atoms with van der Waals surface area (Å²) in [5.41, 5.74) is 1.76. The zero-order chi connectivity index (χ0) is 18.5. The van der Waals surface area contributed by atoms with Crippen molar-refractivity contribution in [1.29, 1.82) is 0 Å². The molecule has 1 aromatic carbocycles. The Morgan fingerprint density at radius 1 is 1.31 bits per heavy atom. The molecular formula is C17H17ClN6O2. The fraction of sp³-hybridized carbons (Fsp3) is 0.235. The largest absolute Gasteiger partial charge is 0.475 e. The lowest BCUT2D eigenvalue weighted by Crippen LogP contribution is -2.24. The van der Waals surface area contributed by atoms with E-state index in [2.05, 4.69) is 25.8 Å².